The molecule has 0 aliphatic heterocycles. The molecule has 36 valence electrons. The van der Waals surface area contributed by atoms with Crippen molar-refractivity contribution in [2.75, 3.05) is 13.3 Å². The van der Waals surface area contributed by atoms with Gasteiger partial charge < -0.3 is 0 Å². The first-order valence-corrected chi connectivity index (χ1v) is 6.21. The van der Waals surface area contributed by atoms with E-state index in [-0.39, 0.29) is 0 Å². The van der Waals surface area contributed by atoms with Crippen molar-refractivity contribution in [3.63, 3.8) is 0 Å². The summed E-state index contributed by atoms with van der Waals surface area (Å²) in [5.74, 6) is 2.30. The van der Waals surface area contributed by atoms with Crippen LogP contribution in [0.2, 0.25) is 0 Å². The molecule has 0 saturated carbocycles. The van der Waals surface area contributed by atoms with Gasteiger partial charge in [0.2, 0.25) is 0 Å². The first kappa shape index (κ1) is 6.60. The minimum atomic E-state index is 0.327. The SMILES string of the molecule is CC=[P+](C)PC. The van der Waals surface area contributed by atoms with Crippen LogP contribution in [-0.4, -0.2) is 19.1 Å². The smallest absolute Gasteiger partial charge is 0.00696 e. The highest BCUT2D eigenvalue weighted by atomic mass is 32.0. The molecule has 2 unspecified atom stereocenters. The van der Waals surface area contributed by atoms with Crippen molar-refractivity contribution in [1.82, 2.24) is 0 Å². The van der Waals surface area contributed by atoms with Gasteiger partial charge in [0.15, 0.2) is 0 Å². The third-order valence-electron chi connectivity index (χ3n) is 0.740. The average Bonchev–Trinajstić information content (AvgIpc) is 1.65. The van der Waals surface area contributed by atoms with Gasteiger partial charge in [0.1, 0.15) is 7.23 Å². The quantitative estimate of drug-likeness (QED) is 0.466. The fraction of sp³-hybridized carbons (Fsp3) is 0.750. The predicted molar refractivity (Wildman–Crippen MR) is 38.8 cm³/mol. The van der Waals surface area contributed by atoms with Crippen LogP contribution in [0, 0.1) is 0 Å². The first-order valence-electron chi connectivity index (χ1n) is 2.01. The lowest BCUT2D eigenvalue weighted by Crippen LogP contribution is -1.46. The predicted octanol–water partition coefficient (Wildman–Crippen LogP) is 2.14. The summed E-state index contributed by atoms with van der Waals surface area (Å²) in [5, 5.41) is 0. The molecule has 0 radical (unpaired) electrons. The monoisotopic (exact) mass is 121 g/mol. The van der Waals surface area contributed by atoms with E-state index < -0.39 is 0 Å². The van der Waals surface area contributed by atoms with Crippen molar-refractivity contribution in [3.8, 4) is 0 Å². The van der Waals surface area contributed by atoms with Crippen molar-refractivity contribution in [2.45, 2.75) is 6.92 Å². The van der Waals surface area contributed by atoms with Crippen molar-refractivity contribution in [1.29, 1.82) is 0 Å². The number of rotatable bonds is 1. The maximum atomic E-state index is 2.30. The van der Waals surface area contributed by atoms with Crippen molar-refractivity contribution < 1.29 is 0 Å². The minimum Gasteiger partial charge on any atom is -0.00696 e. The van der Waals surface area contributed by atoms with E-state index in [4.69, 9.17) is 0 Å². The highest BCUT2D eigenvalue weighted by Gasteiger charge is 1.87. The average molecular weight is 121 g/mol. The highest BCUT2D eigenvalue weighted by Crippen LogP contribution is 2.37. The minimum absolute atomic E-state index is 0.327. The molecule has 0 saturated heterocycles. The van der Waals surface area contributed by atoms with E-state index in [1.165, 1.54) is 0 Å². The molecule has 2 atom stereocenters. The van der Waals surface area contributed by atoms with Crippen LogP contribution >= 0.6 is 15.5 Å². The molecule has 0 aromatic carbocycles. The van der Waals surface area contributed by atoms with Crippen LogP contribution in [0.3, 0.4) is 0 Å². The Bertz CT molecular complexity index is 56.6. The van der Waals surface area contributed by atoms with Gasteiger partial charge in [-0.2, -0.15) is 0 Å². The fourth-order valence-electron chi connectivity index (χ4n) is 0.129. The summed E-state index contributed by atoms with van der Waals surface area (Å²) in [6.45, 7) is 6.70. The first-order chi connectivity index (χ1) is 2.81. The van der Waals surface area contributed by atoms with Gasteiger partial charge in [-0.15, -0.1) is 0 Å². The summed E-state index contributed by atoms with van der Waals surface area (Å²) < 4.78 is 0. The van der Waals surface area contributed by atoms with Gasteiger partial charge in [-0.1, -0.05) is 0 Å². The van der Waals surface area contributed by atoms with Crippen LogP contribution < -0.4 is 0 Å². The lowest BCUT2D eigenvalue weighted by Gasteiger charge is -1.70. The second-order valence-corrected chi connectivity index (χ2v) is 6.74. The highest BCUT2D eigenvalue weighted by molar-refractivity contribution is 8.19. The summed E-state index contributed by atoms with van der Waals surface area (Å²) in [6.07, 6.45) is 0. The van der Waals surface area contributed by atoms with Crippen LogP contribution in [0.5, 0.6) is 0 Å². The Morgan fingerprint density at radius 1 is 1.67 bits per heavy atom. The van der Waals surface area contributed by atoms with Crippen molar-refractivity contribution in [2.24, 2.45) is 0 Å². The molecule has 0 aromatic heterocycles. The second kappa shape index (κ2) is 3.78. The summed E-state index contributed by atoms with van der Waals surface area (Å²) in [7, 11) is 1.47. The van der Waals surface area contributed by atoms with E-state index in [2.05, 4.69) is 26.0 Å². The van der Waals surface area contributed by atoms with Crippen LogP contribution in [-0.2, 0) is 0 Å². The molecule has 0 nitrogen and oxygen atoms in total. The molecular formula is C4H11P2+. The largest absolute Gasteiger partial charge is 0.102 e. The number of hydrogen-bond donors (Lipinski definition) is 0. The van der Waals surface area contributed by atoms with Gasteiger partial charge in [-0.25, -0.2) is 0 Å². The van der Waals surface area contributed by atoms with Gasteiger partial charge >= 0.3 is 0 Å². The van der Waals surface area contributed by atoms with E-state index >= 15 is 0 Å². The maximum absolute atomic E-state index is 2.30. The molecule has 0 heterocycles. The molecule has 0 aliphatic carbocycles. The molecule has 0 amide bonds. The summed E-state index contributed by atoms with van der Waals surface area (Å²) >= 11 is 0. The van der Waals surface area contributed by atoms with E-state index in [0.717, 1.165) is 8.27 Å². The zero-order valence-corrected chi connectivity index (χ0v) is 6.42. The topological polar surface area (TPSA) is 0 Å². The van der Waals surface area contributed by atoms with Gasteiger partial charge in [-0.3, -0.25) is 0 Å². The Morgan fingerprint density at radius 2 is 2.17 bits per heavy atom. The zero-order valence-electron chi connectivity index (χ0n) is 4.52. The van der Waals surface area contributed by atoms with E-state index in [1.54, 1.807) is 0 Å². The Balaban J connectivity index is 3.22. The Morgan fingerprint density at radius 3 is 2.17 bits per heavy atom. The normalized spacial score (nSPS) is 14.2. The Kier molecular flexibility index (Phi) is 4.16. The lowest BCUT2D eigenvalue weighted by atomic mass is 11.0. The molecular weight excluding hydrogens is 110 g/mol. The molecule has 0 rings (SSSR count). The third kappa shape index (κ3) is 2.82. The zero-order chi connectivity index (χ0) is 4.99. The summed E-state index contributed by atoms with van der Waals surface area (Å²) in [5.41, 5.74) is 0. The molecule has 0 aliphatic rings. The van der Waals surface area contributed by atoms with Crippen molar-refractivity contribution >= 4 is 21.3 Å². The maximum Gasteiger partial charge on any atom is 0.102 e. The summed E-state index contributed by atoms with van der Waals surface area (Å²) in [4.78, 5) is 0. The molecule has 0 N–H and O–H groups in total. The second-order valence-electron chi connectivity index (χ2n) is 1.09. The molecule has 0 fully saturated rings. The van der Waals surface area contributed by atoms with Crippen LogP contribution in [0.25, 0.3) is 0 Å². The van der Waals surface area contributed by atoms with Crippen LogP contribution in [0.15, 0.2) is 0 Å². The van der Waals surface area contributed by atoms with Gasteiger partial charge in [0, 0.05) is 0 Å². The van der Waals surface area contributed by atoms with E-state index in [0.29, 0.717) is 7.23 Å². The third-order valence-corrected chi connectivity index (χ3v) is 5.11. The Labute approximate surface area is 42.4 Å². The molecule has 0 aromatic rings. The van der Waals surface area contributed by atoms with Crippen LogP contribution in [0.1, 0.15) is 6.92 Å². The molecule has 0 bridgehead atoms. The Hall–Kier alpha value is 0.600. The summed E-state index contributed by atoms with van der Waals surface area (Å²) in [6, 6.07) is 0. The van der Waals surface area contributed by atoms with Gasteiger partial charge in [0.05, 0.1) is 20.7 Å². The lowest BCUT2D eigenvalue weighted by molar-refractivity contribution is 2.13. The molecule has 2 heteroatoms. The van der Waals surface area contributed by atoms with E-state index in [9.17, 15) is 0 Å². The molecule has 0 spiro atoms. The molecule has 6 heavy (non-hydrogen) atoms. The van der Waals surface area contributed by atoms with Gasteiger partial charge in [-0.05, 0) is 13.6 Å². The standard InChI is InChI=1S/C4H11P2/c1-4-6(3)5-2/h4-5H,1-3H3/q+1. The van der Waals surface area contributed by atoms with Crippen molar-refractivity contribution in [3.05, 3.63) is 0 Å². The van der Waals surface area contributed by atoms with Gasteiger partial charge in [0.25, 0.3) is 0 Å². The van der Waals surface area contributed by atoms with Crippen LogP contribution in [0.4, 0.5) is 0 Å². The van der Waals surface area contributed by atoms with E-state index in [1.807, 2.05) is 0 Å². The number of hydrogen-bond acceptors (Lipinski definition) is 0. The fourth-order valence-corrected chi connectivity index (χ4v) is 1.16.